The maximum atomic E-state index is 14.3. The molecule has 3 aromatic carbocycles. The van der Waals surface area contributed by atoms with Gasteiger partial charge >= 0.3 is 0 Å². The second-order valence-corrected chi connectivity index (χ2v) is 7.35. The zero-order valence-corrected chi connectivity index (χ0v) is 18.3. The Bertz CT molecular complexity index is 1220. The van der Waals surface area contributed by atoms with E-state index in [4.69, 9.17) is 9.47 Å². The summed E-state index contributed by atoms with van der Waals surface area (Å²) < 4.78 is 25.0. The summed E-state index contributed by atoms with van der Waals surface area (Å²) in [5.74, 6) is -0.255. The topological polar surface area (TPSA) is 67.9 Å². The molecule has 7 heteroatoms. The van der Waals surface area contributed by atoms with E-state index in [1.54, 1.807) is 73.8 Å². The zero-order valence-electron chi connectivity index (χ0n) is 18.3. The minimum atomic E-state index is -0.532. The number of imide groups is 1. The van der Waals surface area contributed by atoms with E-state index in [0.717, 1.165) is 4.90 Å². The molecule has 1 aliphatic heterocycles. The minimum absolute atomic E-state index is 0.119. The number of benzene rings is 3. The van der Waals surface area contributed by atoms with Gasteiger partial charge in [-0.15, -0.1) is 0 Å². The number of amides is 2. The number of methoxy groups -OCH3 is 1. The molecule has 0 aliphatic carbocycles. The van der Waals surface area contributed by atoms with Crippen LogP contribution in [-0.2, 0) is 16.1 Å². The molecule has 0 unspecified atom stereocenters. The van der Waals surface area contributed by atoms with Gasteiger partial charge in [-0.1, -0.05) is 36.4 Å². The first-order valence-electron chi connectivity index (χ1n) is 10.5. The van der Waals surface area contributed by atoms with E-state index in [2.05, 4.69) is 5.32 Å². The van der Waals surface area contributed by atoms with Crippen LogP contribution in [0.25, 0.3) is 5.57 Å². The van der Waals surface area contributed by atoms with Gasteiger partial charge in [0.05, 0.1) is 25.8 Å². The van der Waals surface area contributed by atoms with E-state index in [1.807, 2.05) is 6.92 Å². The third kappa shape index (κ3) is 4.57. The van der Waals surface area contributed by atoms with E-state index in [0.29, 0.717) is 29.4 Å². The number of carbonyl (C=O) groups is 2. The highest BCUT2D eigenvalue weighted by atomic mass is 19.1. The largest absolute Gasteiger partial charge is 0.497 e. The van der Waals surface area contributed by atoms with Crippen LogP contribution in [0.4, 0.5) is 10.1 Å². The van der Waals surface area contributed by atoms with Crippen LogP contribution >= 0.6 is 0 Å². The molecule has 0 atom stereocenters. The third-order valence-corrected chi connectivity index (χ3v) is 5.25. The normalized spacial score (nSPS) is 13.5. The summed E-state index contributed by atoms with van der Waals surface area (Å²) in [4.78, 5) is 27.8. The van der Waals surface area contributed by atoms with Crippen molar-refractivity contribution in [3.05, 3.63) is 95.4 Å². The van der Waals surface area contributed by atoms with Crippen LogP contribution in [0.2, 0.25) is 0 Å². The number of rotatable bonds is 8. The van der Waals surface area contributed by atoms with Gasteiger partial charge in [-0.3, -0.25) is 14.5 Å². The number of nitrogens with zero attached hydrogens (tertiary/aromatic N) is 1. The molecule has 3 aromatic rings. The number of nitrogens with one attached hydrogen (secondary N) is 1. The van der Waals surface area contributed by atoms with Gasteiger partial charge in [0.25, 0.3) is 11.8 Å². The maximum Gasteiger partial charge on any atom is 0.278 e. The van der Waals surface area contributed by atoms with Crippen molar-refractivity contribution in [1.82, 2.24) is 4.90 Å². The fraction of sp³-hybridized carbons (Fsp3) is 0.154. The first-order chi connectivity index (χ1) is 16.0. The molecule has 0 bridgehead atoms. The molecule has 1 heterocycles. The van der Waals surface area contributed by atoms with Crippen molar-refractivity contribution >= 4 is 23.1 Å². The molecule has 0 saturated heterocycles. The Morgan fingerprint density at radius 1 is 0.909 bits per heavy atom. The van der Waals surface area contributed by atoms with Gasteiger partial charge in [0.15, 0.2) is 0 Å². The van der Waals surface area contributed by atoms with Crippen LogP contribution in [0.1, 0.15) is 18.1 Å². The summed E-state index contributed by atoms with van der Waals surface area (Å²) in [7, 11) is 1.55. The molecule has 33 heavy (non-hydrogen) atoms. The number of hydrogen-bond acceptors (Lipinski definition) is 5. The lowest BCUT2D eigenvalue weighted by molar-refractivity contribution is -0.137. The van der Waals surface area contributed by atoms with Crippen molar-refractivity contribution in [3.8, 4) is 11.5 Å². The monoisotopic (exact) mass is 446 g/mol. The summed E-state index contributed by atoms with van der Waals surface area (Å²) >= 11 is 0. The van der Waals surface area contributed by atoms with Gasteiger partial charge in [-0.05, 0) is 42.8 Å². The summed E-state index contributed by atoms with van der Waals surface area (Å²) in [5.41, 5.74) is 1.73. The summed E-state index contributed by atoms with van der Waals surface area (Å²) in [6.07, 6.45) is 0. The predicted octanol–water partition coefficient (Wildman–Crippen LogP) is 4.63. The predicted molar refractivity (Wildman–Crippen MR) is 123 cm³/mol. The van der Waals surface area contributed by atoms with Gasteiger partial charge in [0.1, 0.15) is 23.0 Å². The van der Waals surface area contributed by atoms with E-state index in [-0.39, 0.29) is 23.4 Å². The number of carbonyl (C=O) groups excluding carboxylic acids is 2. The lowest BCUT2D eigenvalue weighted by Gasteiger charge is -2.16. The highest BCUT2D eigenvalue weighted by Crippen LogP contribution is 2.33. The van der Waals surface area contributed by atoms with E-state index in [9.17, 15) is 14.0 Å². The van der Waals surface area contributed by atoms with E-state index in [1.165, 1.54) is 6.07 Å². The Balaban J connectivity index is 1.73. The molecular formula is C26H23FN2O4. The number of anilines is 1. The van der Waals surface area contributed by atoms with E-state index >= 15 is 0 Å². The summed E-state index contributed by atoms with van der Waals surface area (Å²) in [6, 6.07) is 20.1. The van der Waals surface area contributed by atoms with Gasteiger partial charge in [-0.25, -0.2) is 4.39 Å². The van der Waals surface area contributed by atoms with Crippen LogP contribution in [-0.4, -0.2) is 30.4 Å². The van der Waals surface area contributed by atoms with Gasteiger partial charge in [0.2, 0.25) is 0 Å². The molecule has 0 aromatic heterocycles. The van der Waals surface area contributed by atoms with Crippen molar-refractivity contribution in [1.29, 1.82) is 0 Å². The fourth-order valence-corrected chi connectivity index (χ4v) is 3.63. The Morgan fingerprint density at radius 3 is 2.36 bits per heavy atom. The molecule has 0 saturated carbocycles. The van der Waals surface area contributed by atoms with Crippen LogP contribution < -0.4 is 14.8 Å². The zero-order chi connectivity index (χ0) is 23.4. The maximum absolute atomic E-state index is 14.3. The van der Waals surface area contributed by atoms with Crippen LogP contribution in [0, 0.1) is 5.82 Å². The van der Waals surface area contributed by atoms with E-state index < -0.39 is 17.6 Å². The Hall–Kier alpha value is -4.13. The van der Waals surface area contributed by atoms with Crippen molar-refractivity contribution in [2.75, 3.05) is 19.0 Å². The molecule has 168 valence electrons. The second kappa shape index (κ2) is 9.56. The molecule has 1 N–H and O–H groups in total. The summed E-state index contributed by atoms with van der Waals surface area (Å²) in [5, 5.41) is 3.08. The molecule has 4 rings (SSSR count). The van der Waals surface area contributed by atoms with Gasteiger partial charge in [-0.2, -0.15) is 0 Å². The third-order valence-electron chi connectivity index (χ3n) is 5.25. The Morgan fingerprint density at radius 2 is 1.67 bits per heavy atom. The highest BCUT2D eigenvalue weighted by molar-refractivity contribution is 6.36. The van der Waals surface area contributed by atoms with Gasteiger partial charge < -0.3 is 14.8 Å². The average Bonchev–Trinajstić information content (AvgIpc) is 3.05. The number of halogens is 1. The first-order valence-corrected chi connectivity index (χ1v) is 10.5. The quantitative estimate of drug-likeness (QED) is 0.511. The lowest BCUT2D eigenvalue weighted by atomic mass is 10.0. The molecule has 1 aliphatic rings. The van der Waals surface area contributed by atoms with Crippen molar-refractivity contribution in [2.24, 2.45) is 0 Å². The molecule has 0 radical (unpaired) electrons. The molecule has 2 amide bonds. The fourth-order valence-electron chi connectivity index (χ4n) is 3.63. The molecule has 0 spiro atoms. The second-order valence-electron chi connectivity index (χ2n) is 7.35. The van der Waals surface area contributed by atoms with Gasteiger partial charge in [0, 0.05) is 17.3 Å². The van der Waals surface area contributed by atoms with Crippen LogP contribution in [0.5, 0.6) is 11.5 Å². The molecule has 6 nitrogen and oxygen atoms in total. The molecule has 0 fully saturated rings. The Labute approximate surface area is 191 Å². The van der Waals surface area contributed by atoms with Crippen molar-refractivity contribution in [3.63, 3.8) is 0 Å². The highest BCUT2D eigenvalue weighted by Gasteiger charge is 2.39. The van der Waals surface area contributed by atoms with Crippen LogP contribution in [0.15, 0.2) is 78.5 Å². The number of ether oxygens (including phenoxy) is 2. The molecular weight excluding hydrogens is 423 g/mol. The minimum Gasteiger partial charge on any atom is -0.497 e. The standard InChI is InChI=1S/C26H23FN2O4/c1-3-33-20-13-11-17(12-14-20)23-24(28-19-8-6-9-21(15-19)32-2)26(31)29(25(23)30)16-18-7-4-5-10-22(18)27/h4-15,28H,3,16H2,1-2H3. The SMILES string of the molecule is CCOc1ccc(C2=C(Nc3cccc(OC)c3)C(=O)N(Cc3ccccc3F)C2=O)cc1. The average molecular weight is 446 g/mol. The van der Waals surface area contributed by atoms with Crippen molar-refractivity contribution in [2.45, 2.75) is 13.5 Å². The number of hydrogen-bond donors (Lipinski definition) is 1. The first kappa shape index (κ1) is 22.1. The van der Waals surface area contributed by atoms with Crippen molar-refractivity contribution < 1.29 is 23.5 Å². The van der Waals surface area contributed by atoms with Crippen LogP contribution in [0.3, 0.4) is 0 Å². The summed E-state index contributed by atoms with van der Waals surface area (Å²) in [6.45, 7) is 2.22. The Kier molecular flexibility index (Phi) is 6.40. The lowest BCUT2D eigenvalue weighted by Crippen LogP contribution is -2.32. The smallest absolute Gasteiger partial charge is 0.278 e.